The molecule has 0 amide bonds. The fourth-order valence-corrected chi connectivity index (χ4v) is 1.82. The monoisotopic (exact) mass is 238 g/mol. The Morgan fingerprint density at radius 2 is 2.23 bits per heavy atom. The third kappa shape index (κ3) is 2.44. The second-order valence-corrected chi connectivity index (χ2v) is 4.14. The minimum Gasteiger partial charge on any atom is -0.102 e. The van der Waals surface area contributed by atoms with Crippen LogP contribution in [0.1, 0.15) is 30.9 Å². The molecule has 0 saturated heterocycles. The molecule has 0 aliphatic heterocycles. The smallest absolute Gasteiger partial charge is 0.0178 e. The topological polar surface area (TPSA) is 0 Å². The summed E-state index contributed by atoms with van der Waals surface area (Å²) in [4.78, 5) is 0. The van der Waals surface area contributed by atoms with Gasteiger partial charge in [0.2, 0.25) is 0 Å². The lowest BCUT2D eigenvalue weighted by molar-refractivity contribution is 0.929. The Morgan fingerprint density at radius 3 is 2.77 bits per heavy atom. The Kier molecular flexibility index (Phi) is 3.73. The van der Waals surface area contributed by atoms with Crippen molar-refractivity contribution in [2.75, 3.05) is 0 Å². The van der Waals surface area contributed by atoms with Gasteiger partial charge in [0.1, 0.15) is 0 Å². The van der Waals surface area contributed by atoms with Crippen molar-refractivity contribution in [3.05, 3.63) is 46.5 Å². The summed E-state index contributed by atoms with van der Waals surface area (Å²) in [7, 11) is 0. The summed E-state index contributed by atoms with van der Waals surface area (Å²) in [5.41, 5.74) is 2.79. The van der Waals surface area contributed by atoms with Gasteiger partial charge in [0, 0.05) is 4.47 Å². The lowest BCUT2D eigenvalue weighted by Gasteiger charge is -2.12. The zero-order valence-corrected chi connectivity index (χ0v) is 9.76. The maximum atomic E-state index is 3.83. The van der Waals surface area contributed by atoms with Crippen LogP contribution < -0.4 is 0 Å². The summed E-state index contributed by atoms with van der Waals surface area (Å²) in [6, 6.07) is 6.46. The van der Waals surface area contributed by atoms with Gasteiger partial charge in [-0.2, -0.15) is 0 Å². The average Bonchev–Trinajstić information content (AvgIpc) is 2.16. The van der Waals surface area contributed by atoms with Crippen molar-refractivity contribution in [2.24, 2.45) is 0 Å². The lowest BCUT2D eigenvalue weighted by atomic mass is 9.95. The maximum Gasteiger partial charge on any atom is 0.0178 e. The van der Waals surface area contributed by atoms with Crippen molar-refractivity contribution >= 4 is 15.9 Å². The molecular formula is C12H15Br. The van der Waals surface area contributed by atoms with E-state index in [0.717, 1.165) is 10.9 Å². The molecule has 0 spiro atoms. The number of hydrogen-bond acceptors (Lipinski definition) is 0. The second kappa shape index (κ2) is 4.61. The van der Waals surface area contributed by atoms with Crippen molar-refractivity contribution in [3.8, 4) is 0 Å². The normalized spacial score (nSPS) is 12.5. The van der Waals surface area contributed by atoms with E-state index >= 15 is 0 Å². The summed E-state index contributed by atoms with van der Waals surface area (Å²) >= 11 is 3.49. The molecule has 0 aromatic heterocycles. The van der Waals surface area contributed by atoms with E-state index in [9.17, 15) is 0 Å². The van der Waals surface area contributed by atoms with Gasteiger partial charge in [-0.15, -0.1) is 6.58 Å². The predicted molar refractivity (Wildman–Crippen MR) is 62.1 cm³/mol. The largest absolute Gasteiger partial charge is 0.102 e. The standard InChI is InChI=1S/C12H15Br/c1-4-9(3)12-8-11(13)7-6-10(12)5-2/h4,6-9H,1,5H2,2-3H3. The van der Waals surface area contributed by atoms with Crippen LogP contribution in [0.25, 0.3) is 0 Å². The van der Waals surface area contributed by atoms with Gasteiger partial charge in [-0.1, -0.05) is 41.9 Å². The summed E-state index contributed by atoms with van der Waals surface area (Å²) in [5.74, 6) is 0.437. The van der Waals surface area contributed by atoms with Gasteiger partial charge in [0.25, 0.3) is 0 Å². The van der Waals surface area contributed by atoms with E-state index in [1.165, 1.54) is 11.1 Å². The first-order valence-electron chi connectivity index (χ1n) is 4.60. The number of aryl methyl sites for hydroxylation is 1. The zero-order valence-electron chi connectivity index (χ0n) is 8.18. The second-order valence-electron chi connectivity index (χ2n) is 3.22. The van der Waals surface area contributed by atoms with E-state index in [-0.39, 0.29) is 0 Å². The molecule has 1 heteroatoms. The highest BCUT2D eigenvalue weighted by Gasteiger charge is 2.06. The van der Waals surface area contributed by atoms with E-state index in [2.05, 4.69) is 54.6 Å². The summed E-state index contributed by atoms with van der Waals surface area (Å²) in [6.07, 6.45) is 3.07. The van der Waals surface area contributed by atoms with Crippen molar-refractivity contribution in [2.45, 2.75) is 26.2 Å². The SMILES string of the molecule is C=CC(C)c1cc(Br)ccc1CC. The molecule has 1 aromatic carbocycles. The van der Waals surface area contributed by atoms with Crippen LogP contribution in [0.5, 0.6) is 0 Å². The lowest BCUT2D eigenvalue weighted by Crippen LogP contribution is -1.95. The Morgan fingerprint density at radius 1 is 1.54 bits per heavy atom. The Hall–Kier alpha value is -0.560. The van der Waals surface area contributed by atoms with E-state index < -0.39 is 0 Å². The molecule has 0 N–H and O–H groups in total. The molecule has 0 radical (unpaired) electrons. The highest BCUT2D eigenvalue weighted by atomic mass is 79.9. The van der Waals surface area contributed by atoms with Gasteiger partial charge in [-0.25, -0.2) is 0 Å². The molecule has 13 heavy (non-hydrogen) atoms. The molecule has 0 nitrogen and oxygen atoms in total. The van der Waals surface area contributed by atoms with Gasteiger partial charge in [0.05, 0.1) is 0 Å². The third-order valence-electron chi connectivity index (χ3n) is 2.33. The van der Waals surface area contributed by atoms with Crippen molar-refractivity contribution in [3.63, 3.8) is 0 Å². The highest BCUT2D eigenvalue weighted by Crippen LogP contribution is 2.24. The Balaban J connectivity index is 3.14. The molecule has 0 aliphatic rings. The van der Waals surface area contributed by atoms with E-state index in [1.54, 1.807) is 0 Å². The first-order chi connectivity index (χ1) is 6.19. The first-order valence-corrected chi connectivity index (χ1v) is 5.39. The molecule has 0 saturated carbocycles. The molecular weight excluding hydrogens is 224 g/mol. The van der Waals surface area contributed by atoms with Crippen molar-refractivity contribution in [1.29, 1.82) is 0 Å². The minimum absolute atomic E-state index is 0.437. The Bertz CT molecular complexity index is 302. The summed E-state index contributed by atoms with van der Waals surface area (Å²) < 4.78 is 1.15. The van der Waals surface area contributed by atoms with Gasteiger partial charge in [0.15, 0.2) is 0 Å². The molecule has 1 atom stereocenters. The maximum absolute atomic E-state index is 3.83. The van der Waals surface area contributed by atoms with Gasteiger partial charge in [-0.3, -0.25) is 0 Å². The van der Waals surface area contributed by atoms with Gasteiger partial charge in [-0.05, 0) is 35.6 Å². The number of rotatable bonds is 3. The van der Waals surface area contributed by atoms with E-state index in [1.807, 2.05) is 6.08 Å². The van der Waals surface area contributed by atoms with Crippen molar-refractivity contribution < 1.29 is 0 Å². The van der Waals surface area contributed by atoms with Crippen LogP contribution >= 0.6 is 15.9 Å². The third-order valence-corrected chi connectivity index (χ3v) is 2.83. The molecule has 1 rings (SSSR count). The molecule has 1 aromatic rings. The summed E-state index contributed by atoms with van der Waals surface area (Å²) in [5, 5.41) is 0. The van der Waals surface area contributed by atoms with Crippen LogP contribution in [0.3, 0.4) is 0 Å². The number of benzene rings is 1. The summed E-state index contributed by atoms with van der Waals surface area (Å²) in [6.45, 7) is 8.18. The minimum atomic E-state index is 0.437. The molecule has 1 unspecified atom stereocenters. The van der Waals surface area contributed by atoms with Crippen LogP contribution in [0.15, 0.2) is 35.3 Å². The van der Waals surface area contributed by atoms with Crippen LogP contribution in [0.2, 0.25) is 0 Å². The average molecular weight is 239 g/mol. The zero-order chi connectivity index (χ0) is 9.84. The van der Waals surface area contributed by atoms with Gasteiger partial charge >= 0.3 is 0 Å². The van der Waals surface area contributed by atoms with E-state index in [4.69, 9.17) is 0 Å². The molecule has 0 heterocycles. The fourth-order valence-electron chi connectivity index (χ4n) is 1.44. The number of halogens is 1. The highest BCUT2D eigenvalue weighted by molar-refractivity contribution is 9.10. The first kappa shape index (κ1) is 10.5. The van der Waals surface area contributed by atoms with Crippen LogP contribution in [-0.4, -0.2) is 0 Å². The number of hydrogen-bond donors (Lipinski definition) is 0. The fraction of sp³-hybridized carbons (Fsp3) is 0.333. The number of allylic oxidation sites excluding steroid dienone is 1. The Labute approximate surface area is 88.8 Å². The molecule has 70 valence electrons. The van der Waals surface area contributed by atoms with Gasteiger partial charge < -0.3 is 0 Å². The quantitative estimate of drug-likeness (QED) is 0.690. The van der Waals surface area contributed by atoms with Crippen LogP contribution in [-0.2, 0) is 6.42 Å². The molecule has 0 aliphatic carbocycles. The molecule has 0 bridgehead atoms. The van der Waals surface area contributed by atoms with Crippen LogP contribution in [0.4, 0.5) is 0 Å². The van der Waals surface area contributed by atoms with Crippen LogP contribution in [0, 0.1) is 0 Å². The van der Waals surface area contributed by atoms with E-state index in [0.29, 0.717) is 5.92 Å². The van der Waals surface area contributed by atoms with Crippen molar-refractivity contribution in [1.82, 2.24) is 0 Å². The predicted octanol–water partition coefficient (Wildman–Crippen LogP) is 4.30. The molecule has 0 fully saturated rings.